The Hall–Kier alpha value is -2.58. The van der Waals surface area contributed by atoms with E-state index in [-0.39, 0.29) is 23.7 Å². The van der Waals surface area contributed by atoms with Gasteiger partial charge in [-0.05, 0) is 30.3 Å². The summed E-state index contributed by atoms with van der Waals surface area (Å²) >= 11 is 6.00. The molecule has 0 radical (unpaired) electrons. The Balaban J connectivity index is 1.62. The van der Waals surface area contributed by atoms with E-state index in [0.717, 1.165) is 26.1 Å². The van der Waals surface area contributed by atoms with Crippen molar-refractivity contribution in [2.45, 2.75) is 17.5 Å². The van der Waals surface area contributed by atoms with Crippen LogP contribution in [-0.2, 0) is 16.6 Å². The van der Waals surface area contributed by atoms with E-state index in [0.29, 0.717) is 5.02 Å². The Morgan fingerprint density at radius 2 is 1.61 bits per heavy atom. The van der Waals surface area contributed by atoms with Crippen molar-refractivity contribution in [2.75, 3.05) is 20.7 Å². The highest BCUT2D eigenvalue weighted by atomic mass is 35.5. The molecule has 1 heterocycles. The minimum absolute atomic E-state index is 0.0333. The lowest BCUT2D eigenvalue weighted by atomic mass is 10.2. The number of likely N-dealkylation sites (N-methyl/N-ethyl adjacent to an activating group) is 1. The van der Waals surface area contributed by atoms with E-state index in [9.17, 15) is 13.5 Å². The molecule has 0 saturated carbocycles. The van der Waals surface area contributed by atoms with Crippen molar-refractivity contribution in [3.8, 4) is 5.75 Å². The van der Waals surface area contributed by atoms with Crippen molar-refractivity contribution in [3.63, 3.8) is 0 Å². The van der Waals surface area contributed by atoms with Gasteiger partial charge in [-0.15, -0.1) is 0 Å². The SMILES string of the molecule is COc1ccc(Cl)cc1S(=O)(=O)N(C)CC(O)Cn1c2ccccc2c2ccccc21. The Morgan fingerprint density at radius 3 is 2.19 bits per heavy atom. The third-order valence-electron chi connectivity index (χ3n) is 5.35. The van der Waals surface area contributed by atoms with Crippen LogP contribution in [0.2, 0.25) is 5.02 Å². The smallest absolute Gasteiger partial charge is 0.246 e. The average Bonchev–Trinajstić information content (AvgIpc) is 3.07. The molecule has 0 aliphatic carbocycles. The molecular formula is C23H23ClN2O4S. The maximum atomic E-state index is 13.1. The summed E-state index contributed by atoms with van der Waals surface area (Å²) in [5.74, 6) is 0.202. The molecule has 31 heavy (non-hydrogen) atoms. The second kappa shape index (κ2) is 8.51. The van der Waals surface area contributed by atoms with Crippen molar-refractivity contribution < 1.29 is 18.3 Å². The lowest BCUT2D eigenvalue weighted by molar-refractivity contribution is 0.136. The van der Waals surface area contributed by atoms with Gasteiger partial charge in [-0.1, -0.05) is 48.0 Å². The summed E-state index contributed by atoms with van der Waals surface area (Å²) in [7, 11) is -1.07. The zero-order valence-electron chi connectivity index (χ0n) is 17.2. The van der Waals surface area contributed by atoms with Gasteiger partial charge in [0.05, 0.1) is 19.8 Å². The minimum atomic E-state index is -3.91. The molecule has 1 N–H and O–H groups in total. The van der Waals surface area contributed by atoms with Crippen LogP contribution >= 0.6 is 11.6 Å². The van der Waals surface area contributed by atoms with Crippen molar-refractivity contribution in [1.29, 1.82) is 0 Å². The molecule has 8 heteroatoms. The predicted octanol–water partition coefficient (Wildman–Crippen LogP) is 4.14. The number of hydrogen-bond acceptors (Lipinski definition) is 4. The molecular weight excluding hydrogens is 436 g/mol. The standard InChI is InChI=1S/C23H23ClN2O4S/c1-25(31(28,29)23-13-16(24)11-12-22(23)30-2)14-17(27)15-26-20-9-5-3-7-18(20)19-8-4-6-10-21(19)26/h3-13,17,27H,14-15H2,1-2H3. The van der Waals surface area contributed by atoms with Crippen LogP contribution in [0.1, 0.15) is 0 Å². The van der Waals surface area contributed by atoms with E-state index in [4.69, 9.17) is 16.3 Å². The summed E-state index contributed by atoms with van der Waals surface area (Å²) in [6.45, 7) is 0.166. The third kappa shape index (κ3) is 4.02. The van der Waals surface area contributed by atoms with Gasteiger partial charge in [0.2, 0.25) is 10.0 Å². The van der Waals surface area contributed by atoms with E-state index in [1.54, 1.807) is 6.07 Å². The van der Waals surface area contributed by atoms with Crippen molar-refractivity contribution in [1.82, 2.24) is 8.87 Å². The van der Waals surface area contributed by atoms with E-state index in [2.05, 4.69) is 0 Å². The highest BCUT2D eigenvalue weighted by molar-refractivity contribution is 7.89. The number of para-hydroxylation sites is 2. The topological polar surface area (TPSA) is 71.8 Å². The van der Waals surface area contributed by atoms with E-state index >= 15 is 0 Å². The summed E-state index contributed by atoms with van der Waals surface area (Å²) < 4.78 is 34.5. The third-order valence-corrected chi connectivity index (χ3v) is 7.43. The van der Waals surface area contributed by atoms with E-state index in [1.165, 1.54) is 26.3 Å². The lowest BCUT2D eigenvalue weighted by Crippen LogP contribution is -2.36. The van der Waals surface area contributed by atoms with Gasteiger partial charge in [0.15, 0.2) is 0 Å². The van der Waals surface area contributed by atoms with Gasteiger partial charge in [0, 0.05) is 40.4 Å². The summed E-state index contributed by atoms with van der Waals surface area (Å²) in [6.07, 6.45) is -0.927. The molecule has 1 aromatic heterocycles. The number of benzene rings is 3. The van der Waals surface area contributed by atoms with Gasteiger partial charge < -0.3 is 14.4 Å². The maximum absolute atomic E-state index is 13.1. The lowest BCUT2D eigenvalue weighted by Gasteiger charge is -2.22. The number of halogens is 1. The number of rotatable bonds is 7. The predicted molar refractivity (Wildman–Crippen MR) is 123 cm³/mol. The molecule has 4 rings (SSSR count). The van der Waals surface area contributed by atoms with Crippen LogP contribution in [0.5, 0.6) is 5.75 Å². The molecule has 4 aromatic rings. The van der Waals surface area contributed by atoms with Crippen molar-refractivity contribution in [2.24, 2.45) is 0 Å². The molecule has 3 aromatic carbocycles. The molecule has 1 atom stereocenters. The second-order valence-electron chi connectivity index (χ2n) is 7.38. The monoisotopic (exact) mass is 458 g/mol. The normalized spacial score (nSPS) is 13.2. The summed E-state index contributed by atoms with van der Waals surface area (Å²) in [6, 6.07) is 20.4. The fraction of sp³-hybridized carbons (Fsp3) is 0.217. The zero-order chi connectivity index (χ0) is 22.2. The molecule has 0 saturated heterocycles. The summed E-state index contributed by atoms with van der Waals surface area (Å²) in [5.41, 5.74) is 1.98. The number of aromatic nitrogens is 1. The van der Waals surface area contributed by atoms with Crippen LogP contribution in [0.15, 0.2) is 71.6 Å². The van der Waals surface area contributed by atoms with Gasteiger partial charge in [0.25, 0.3) is 0 Å². The molecule has 0 aliphatic heterocycles. The number of hydrogen-bond donors (Lipinski definition) is 1. The number of nitrogens with zero attached hydrogens (tertiary/aromatic N) is 2. The first kappa shape index (κ1) is 21.6. The Morgan fingerprint density at radius 1 is 1.03 bits per heavy atom. The first-order chi connectivity index (χ1) is 14.8. The van der Waals surface area contributed by atoms with Gasteiger partial charge >= 0.3 is 0 Å². The minimum Gasteiger partial charge on any atom is -0.495 e. The number of ether oxygens (including phenoxy) is 1. The highest BCUT2D eigenvalue weighted by Gasteiger charge is 2.27. The Labute approximate surface area is 186 Å². The molecule has 162 valence electrons. The molecule has 0 spiro atoms. The van der Waals surface area contributed by atoms with Crippen LogP contribution in [0.3, 0.4) is 0 Å². The Bertz CT molecular complexity index is 1300. The molecule has 1 unspecified atom stereocenters. The number of aliphatic hydroxyl groups is 1. The largest absolute Gasteiger partial charge is 0.495 e. The van der Waals surface area contributed by atoms with E-state index < -0.39 is 16.1 Å². The van der Waals surface area contributed by atoms with Crippen LogP contribution in [0.4, 0.5) is 0 Å². The average molecular weight is 459 g/mol. The van der Waals surface area contributed by atoms with Gasteiger partial charge in [-0.3, -0.25) is 0 Å². The van der Waals surface area contributed by atoms with Crippen LogP contribution in [0, 0.1) is 0 Å². The molecule has 0 amide bonds. The van der Waals surface area contributed by atoms with Gasteiger partial charge in [-0.2, -0.15) is 4.31 Å². The van der Waals surface area contributed by atoms with Crippen LogP contribution in [0.25, 0.3) is 21.8 Å². The Kier molecular flexibility index (Phi) is 5.94. The quantitative estimate of drug-likeness (QED) is 0.452. The van der Waals surface area contributed by atoms with Crippen LogP contribution in [-0.4, -0.2) is 49.2 Å². The maximum Gasteiger partial charge on any atom is 0.246 e. The number of methoxy groups -OCH3 is 1. The molecule has 0 fully saturated rings. The van der Waals surface area contributed by atoms with Gasteiger partial charge in [-0.25, -0.2) is 8.42 Å². The number of aliphatic hydroxyl groups excluding tert-OH is 1. The van der Waals surface area contributed by atoms with Crippen LogP contribution < -0.4 is 4.74 Å². The summed E-state index contributed by atoms with van der Waals surface area (Å²) in [4.78, 5) is -0.0333. The number of fused-ring (bicyclic) bond motifs is 3. The molecule has 6 nitrogen and oxygen atoms in total. The van der Waals surface area contributed by atoms with Gasteiger partial charge in [0.1, 0.15) is 10.6 Å². The molecule has 0 bridgehead atoms. The fourth-order valence-electron chi connectivity index (χ4n) is 3.88. The first-order valence-electron chi connectivity index (χ1n) is 9.77. The second-order valence-corrected chi connectivity index (χ2v) is 9.83. The summed E-state index contributed by atoms with van der Waals surface area (Å²) in [5, 5.41) is 13.3. The zero-order valence-corrected chi connectivity index (χ0v) is 18.8. The fourth-order valence-corrected chi connectivity index (χ4v) is 5.51. The highest BCUT2D eigenvalue weighted by Crippen LogP contribution is 2.31. The first-order valence-corrected chi connectivity index (χ1v) is 11.6. The van der Waals surface area contributed by atoms with Crippen molar-refractivity contribution in [3.05, 3.63) is 71.8 Å². The van der Waals surface area contributed by atoms with Crippen molar-refractivity contribution >= 4 is 43.4 Å². The van der Waals surface area contributed by atoms with E-state index in [1.807, 2.05) is 53.1 Å². The number of sulfonamides is 1. The molecule has 0 aliphatic rings.